The monoisotopic (exact) mass is 537 g/mol. The van der Waals surface area contributed by atoms with Gasteiger partial charge >= 0.3 is 0 Å². The molecule has 0 radical (unpaired) electrons. The number of rotatable bonds is 4. The van der Waals surface area contributed by atoms with Gasteiger partial charge in [-0.25, -0.2) is 23.1 Å². The van der Waals surface area contributed by atoms with Crippen LogP contribution in [-0.2, 0) is 24.1 Å². The molecule has 0 saturated heterocycles. The van der Waals surface area contributed by atoms with Gasteiger partial charge in [-0.2, -0.15) is 0 Å². The van der Waals surface area contributed by atoms with Crippen molar-refractivity contribution in [1.29, 1.82) is 0 Å². The molecule has 194 valence electrons. The first kappa shape index (κ1) is 25.7. The lowest BCUT2D eigenvalue weighted by molar-refractivity contribution is -0.117. The van der Waals surface area contributed by atoms with Crippen LogP contribution in [0.15, 0.2) is 42.5 Å². The first-order chi connectivity index (χ1) is 18.1. The Morgan fingerprint density at radius 1 is 0.947 bits per heavy atom. The number of amides is 1. The molecule has 1 atom stereocenters. The predicted molar refractivity (Wildman–Crippen MR) is 141 cm³/mol. The number of nitrogens with zero attached hydrogens (tertiary/aromatic N) is 3. The first-order valence-corrected chi connectivity index (χ1v) is 12.3. The second kappa shape index (κ2) is 9.72. The average molecular weight is 537 g/mol. The van der Waals surface area contributed by atoms with Gasteiger partial charge in [-0.05, 0) is 73.4 Å². The van der Waals surface area contributed by atoms with Crippen LogP contribution in [0.2, 0.25) is 0 Å². The van der Waals surface area contributed by atoms with Gasteiger partial charge < -0.3 is 10.2 Å². The summed E-state index contributed by atoms with van der Waals surface area (Å²) < 4.78 is 43.4. The van der Waals surface area contributed by atoms with Crippen LogP contribution < -0.4 is 10.2 Å². The van der Waals surface area contributed by atoms with Crippen molar-refractivity contribution in [2.45, 2.75) is 26.2 Å². The van der Waals surface area contributed by atoms with Crippen LogP contribution in [0.5, 0.6) is 11.5 Å². The van der Waals surface area contributed by atoms with Crippen LogP contribution in [0.4, 0.5) is 19.0 Å². The maximum Gasteiger partial charge on any atom is 0.232 e. The van der Waals surface area contributed by atoms with Gasteiger partial charge in [-0.1, -0.05) is 9.24 Å². The largest absolute Gasteiger partial charge is 0.508 e. The smallest absolute Gasteiger partial charge is 0.232 e. The van der Waals surface area contributed by atoms with Gasteiger partial charge in [0.25, 0.3) is 0 Å². The van der Waals surface area contributed by atoms with Crippen molar-refractivity contribution in [3.05, 3.63) is 82.3 Å². The Kier molecular flexibility index (Phi) is 6.57. The highest BCUT2D eigenvalue weighted by atomic mass is 31.0. The Hall–Kier alpha value is -3.97. The molecular formula is C28H23F3N3O3P. The minimum Gasteiger partial charge on any atom is -0.508 e. The molecule has 1 aliphatic carbocycles. The van der Waals surface area contributed by atoms with E-state index in [1.165, 1.54) is 31.0 Å². The number of phenolic OH excluding ortho intramolecular Hbond substituents is 2. The second-order valence-corrected chi connectivity index (χ2v) is 9.75. The van der Waals surface area contributed by atoms with Gasteiger partial charge in [0.05, 0.1) is 17.8 Å². The molecular weight excluding hydrogens is 514 g/mol. The molecule has 0 fully saturated rings. The molecule has 0 spiro atoms. The topological polar surface area (TPSA) is 86.6 Å². The number of aryl methyl sites for hydroxylation is 2. The van der Waals surface area contributed by atoms with Crippen molar-refractivity contribution in [3.8, 4) is 34.0 Å². The van der Waals surface area contributed by atoms with Gasteiger partial charge in [0.2, 0.25) is 5.91 Å². The highest BCUT2D eigenvalue weighted by molar-refractivity contribution is 7.27. The number of phenols is 2. The van der Waals surface area contributed by atoms with Crippen LogP contribution in [-0.4, -0.2) is 33.1 Å². The molecule has 1 unspecified atom stereocenters. The lowest BCUT2D eigenvalue weighted by atomic mass is 9.91. The number of carbonyl (C=O) groups is 1. The molecule has 38 heavy (non-hydrogen) atoms. The van der Waals surface area contributed by atoms with E-state index in [0.717, 1.165) is 11.1 Å². The molecule has 0 bridgehead atoms. The maximum absolute atomic E-state index is 14.7. The fraction of sp³-hybridized carbons (Fsp3) is 0.179. The Balaban J connectivity index is 1.61. The molecule has 2 N–H and O–H groups in total. The van der Waals surface area contributed by atoms with Crippen molar-refractivity contribution < 1.29 is 28.2 Å². The lowest BCUT2D eigenvalue weighted by Crippen LogP contribution is -2.31. The van der Waals surface area contributed by atoms with E-state index in [2.05, 4.69) is 0 Å². The fourth-order valence-electron chi connectivity index (χ4n) is 4.61. The Bertz CT molecular complexity index is 1580. The summed E-state index contributed by atoms with van der Waals surface area (Å²) in [4.78, 5) is 24.2. The number of hydrogen-bond donors (Lipinski definition) is 2. The van der Waals surface area contributed by atoms with E-state index in [9.17, 15) is 28.2 Å². The number of likely N-dealkylation sites (N-methyl/N-ethyl adjacent to an activating group) is 1. The van der Waals surface area contributed by atoms with E-state index in [4.69, 9.17) is 9.97 Å². The summed E-state index contributed by atoms with van der Waals surface area (Å²) in [6, 6.07) is 11.2. The van der Waals surface area contributed by atoms with E-state index in [0.29, 0.717) is 35.5 Å². The second-order valence-electron chi connectivity index (χ2n) is 9.17. The van der Waals surface area contributed by atoms with Crippen molar-refractivity contribution in [2.75, 3.05) is 11.9 Å². The number of benzene rings is 3. The minimum atomic E-state index is -1.35. The summed E-state index contributed by atoms with van der Waals surface area (Å²) in [5, 5.41) is 19.2. The average Bonchev–Trinajstić information content (AvgIpc) is 2.92. The molecule has 1 aromatic heterocycles. The van der Waals surface area contributed by atoms with Gasteiger partial charge in [0.15, 0.2) is 17.5 Å². The predicted octanol–water partition coefficient (Wildman–Crippen LogP) is 4.75. The highest BCUT2D eigenvalue weighted by Gasteiger charge is 2.28. The van der Waals surface area contributed by atoms with Crippen LogP contribution in [0.3, 0.4) is 0 Å². The van der Waals surface area contributed by atoms with E-state index in [1.807, 2.05) is 9.24 Å². The third-order valence-electron chi connectivity index (χ3n) is 6.80. The lowest BCUT2D eigenvalue weighted by Gasteiger charge is -2.25. The zero-order valence-electron chi connectivity index (χ0n) is 20.5. The van der Waals surface area contributed by atoms with Crippen molar-refractivity contribution in [1.82, 2.24) is 9.97 Å². The molecule has 5 rings (SSSR count). The molecule has 0 aliphatic heterocycles. The van der Waals surface area contributed by atoms with Crippen LogP contribution >= 0.6 is 9.24 Å². The molecule has 0 saturated carbocycles. The quantitative estimate of drug-likeness (QED) is 0.290. The summed E-state index contributed by atoms with van der Waals surface area (Å²) >= 11 is 0. The zero-order chi connectivity index (χ0) is 27.3. The molecule has 6 nitrogen and oxygen atoms in total. The number of anilines is 1. The van der Waals surface area contributed by atoms with E-state index in [-0.39, 0.29) is 28.4 Å². The third kappa shape index (κ3) is 4.37. The summed E-state index contributed by atoms with van der Waals surface area (Å²) in [6.45, 7) is 1.30. The molecule has 1 heterocycles. The number of aromatic hydroxyl groups is 2. The van der Waals surface area contributed by atoms with E-state index >= 15 is 0 Å². The van der Waals surface area contributed by atoms with Gasteiger partial charge in [-0.15, -0.1) is 0 Å². The maximum atomic E-state index is 14.7. The standard InChI is InChI=1S/C28H23F3N3O3P/c1-13-19(23(30)24(31)27(38)22(13)29)12-21(37)34(2)28-25(14-3-6-16(35)7-4-14)33-26-18-9-8-17(36)11-15(18)5-10-20(26)32-28/h3-4,6-9,11,35-36H,5,10,12,38H2,1-2H3. The van der Waals surface area contributed by atoms with Crippen molar-refractivity contribution >= 4 is 26.3 Å². The summed E-state index contributed by atoms with van der Waals surface area (Å²) in [5.41, 5.74) is 3.32. The Morgan fingerprint density at radius 3 is 2.34 bits per heavy atom. The highest BCUT2D eigenvalue weighted by Crippen LogP contribution is 2.38. The summed E-state index contributed by atoms with van der Waals surface area (Å²) in [5.74, 6) is -3.83. The fourth-order valence-corrected chi connectivity index (χ4v) is 4.96. The number of aromatic nitrogens is 2. The Morgan fingerprint density at radius 2 is 1.63 bits per heavy atom. The zero-order valence-corrected chi connectivity index (χ0v) is 21.7. The van der Waals surface area contributed by atoms with E-state index < -0.39 is 35.1 Å². The van der Waals surface area contributed by atoms with Crippen LogP contribution in [0.25, 0.3) is 22.5 Å². The minimum absolute atomic E-state index is 0.0407. The number of fused-ring (bicyclic) bond motifs is 3. The third-order valence-corrected chi connectivity index (χ3v) is 7.30. The molecule has 4 aromatic rings. The summed E-state index contributed by atoms with van der Waals surface area (Å²) in [6.07, 6.45) is 0.512. The van der Waals surface area contributed by atoms with Crippen molar-refractivity contribution in [3.63, 3.8) is 0 Å². The first-order valence-electron chi connectivity index (χ1n) is 11.8. The molecule has 3 aromatic carbocycles. The Labute approximate surface area is 219 Å². The van der Waals surface area contributed by atoms with Gasteiger partial charge in [0.1, 0.15) is 23.0 Å². The number of carbonyl (C=O) groups excluding carboxylic acids is 1. The van der Waals surface area contributed by atoms with Gasteiger partial charge in [-0.3, -0.25) is 9.69 Å². The SMILES string of the molecule is Cc1c(F)c(P)c(F)c(F)c1CC(=O)N(C)c1nc2c(nc1-c1ccc(O)cc1)-c1ccc(O)cc1CC2. The molecule has 1 amide bonds. The normalized spacial score (nSPS) is 12.2. The summed E-state index contributed by atoms with van der Waals surface area (Å²) in [7, 11) is 3.28. The molecule has 10 heteroatoms. The van der Waals surface area contributed by atoms with Crippen molar-refractivity contribution in [2.24, 2.45) is 0 Å². The van der Waals surface area contributed by atoms with E-state index in [1.54, 1.807) is 30.3 Å². The van der Waals surface area contributed by atoms with Crippen LogP contribution in [0, 0.1) is 24.4 Å². The number of hydrogen-bond acceptors (Lipinski definition) is 5. The molecule has 1 aliphatic rings. The van der Waals surface area contributed by atoms with Gasteiger partial charge in [0, 0.05) is 29.0 Å². The van der Waals surface area contributed by atoms with Crippen LogP contribution in [0.1, 0.15) is 22.4 Å². The number of halogens is 3.